The number of nitrogens with one attached hydrogen (secondary N) is 1. The molecule has 30 heavy (non-hydrogen) atoms. The number of amides is 1. The number of carbonyl (C=O) groups is 1. The van der Waals surface area contributed by atoms with Crippen molar-refractivity contribution in [3.63, 3.8) is 0 Å². The van der Waals surface area contributed by atoms with Crippen LogP contribution in [0.5, 0.6) is 0 Å². The number of carbonyl (C=O) groups excluding carboxylic acids is 1. The lowest BCUT2D eigenvalue weighted by atomic mass is 9.70. The maximum Gasteiger partial charge on any atom is 0.231 e. The number of rotatable bonds is 6. The van der Waals surface area contributed by atoms with Crippen molar-refractivity contribution >= 4 is 22.4 Å². The number of benzene rings is 1. The molecule has 162 valence electrons. The lowest BCUT2D eigenvalue weighted by molar-refractivity contribution is -0.153. The molecular formula is C23H31N3O3S. The van der Waals surface area contributed by atoms with Crippen molar-refractivity contribution in [1.29, 1.82) is 0 Å². The van der Waals surface area contributed by atoms with Gasteiger partial charge in [0, 0.05) is 43.6 Å². The van der Waals surface area contributed by atoms with Gasteiger partial charge in [0.15, 0.2) is 5.13 Å². The molecule has 0 spiro atoms. The predicted octanol–water partition coefficient (Wildman–Crippen LogP) is 3.27. The van der Waals surface area contributed by atoms with Gasteiger partial charge < -0.3 is 20.1 Å². The Labute approximate surface area is 182 Å². The molecule has 0 atom stereocenters. The summed E-state index contributed by atoms with van der Waals surface area (Å²) in [6.07, 6.45) is 2.85. The Hall–Kier alpha value is -1.96. The quantitative estimate of drug-likeness (QED) is 0.737. The first-order valence-electron chi connectivity index (χ1n) is 10.9. The first kappa shape index (κ1) is 21.3. The number of aromatic nitrogens is 1. The highest BCUT2D eigenvalue weighted by molar-refractivity contribution is 7.13. The average Bonchev–Trinajstić information content (AvgIpc) is 3.29. The molecule has 3 heterocycles. The van der Waals surface area contributed by atoms with Crippen LogP contribution in [-0.2, 0) is 14.9 Å². The van der Waals surface area contributed by atoms with Crippen LogP contribution in [0.15, 0.2) is 35.7 Å². The van der Waals surface area contributed by atoms with Gasteiger partial charge >= 0.3 is 0 Å². The van der Waals surface area contributed by atoms with E-state index in [2.05, 4.69) is 41.9 Å². The zero-order valence-corrected chi connectivity index (χ0v) is 18.4. The van der Waals surface area contributed by atoms with E-state index in [1.54, 1.807) is 11.3 Å². The van der Waals surface area contributed by atoms with Crippen LogP contribution >= 0.6 is 11.3 Å². The van der Waals surface area contributed by atoms with Crippen LogP contribution in [0.4, 0.5) is 5.13 Å². The summed E-state index contributed by atoms with van der Waals surface area (Å²) >= 11 is 1.64. The van der Waals surface area contributed by atoms with Crippen LogP contribution in [0.3, 0.4) is 0 Å². The molecule has 0 radical (unpaired) electrons. The van der Waals surface area contributed by atoms with Crippen LogP contribution in [0, 0.1) is 5.41 Å². The maximum atomic E-state index is 13.4. The molecule has 2 N–H and O–H groups in total. The summed E-state index contributed by atoms with van der Waals surface area (Å²) < 4.78 is 5.44. The van der Waals surface area contributed by atoms with Crippen LogP contribution in [0.1, 0.15) is 43.9 Å². The molecule has 4 rings (SSSR count). The minimum atomic E-state index is -0.677. The summed E-state index contributed by atoms with van der Waals surface area (Å²) in [7, 11) is 0. The first-order chi connectivity index (χ1) is 14.6. The lowest BCUT2D eigenvalue weighted by Crippen LogP contribution is -2.53. The smallest absolute Gasteiger partial charge is 0.231 e. The molecule has 2 aliphatic rings. The highest BCUT2D eigenvalue weighted by atomic mass is 32.1. The molecule has 2 fully saturated rings. The molecule has 0 bridgehead atoms. The Bertz CT molecular complexity index is 840. The summed E-state index contributed by atoms with van der Waals surface area (Å²) in [5.41, 5.74) is 1.48. The Balaban J connectivity index is 1.58. The van der Waals surface area contributed by atoms with Crippen molar-refractivity contribution in [3.8, 4) is 0 Å². The fourth-order valence-corrected chi connectivity index (χ4v) is 5.68. The number of nitrogens with zero attached hydrogens (tertiary/aromatic N) is 2. The van der Waals surface area contributed by atoms with Crippen molar-refractivity contribution in [2.75, 3.05) is 44.8 Å². The van der Waals surface area contributed by atoms with Gasteiger partial charge in [-0.25, -0.2) is 4.98 Å². The number of aliphatic hydroxyl groups excluding tert-OH is 1. The monoisotopic (exact) mass is 429 g/mol. The molecule has 7 heteroatoms. The van der Waals surface area contributed by atoms with Gasteiger partial charge in [-0.05, 0) is 38.2 Å². The molecule has 0 aliphatic carbocycles. The third kappa shape index (κ3) is 3.86. The molecule has 1 aromatic heterocycles. The molecular weight excluding hydrogens is 398 g/mol. The second-order valence-electron chi connectivity index (χ2n) is 8.36. The molecule has 1 amide bonds. The summed E-state index contributed by atoms with van der Waals surface area (Å²) in [6.45, 7) is 5.24. The van der Waals surface area contributed by atoms with Crippen molar-refractivity contribution in [3.05, 3.63) is 47.0 Å². The van der Waals surface area contributed by atoms with E-state index >= 15 is 0 Å². The van der Waals surface area contributed by atoms with Crippen LogP contribution in [-0.4, -0.2) is 60.4 Å². The van der Waals surface area contributed by atoms with E-state index in [1.807, 2.05) is 11.0 Å². The largest absolute Gasteiger partial charge is 0.395 e. The molecule has 2 saturated heterocycles. The van der Waals surface area contributed by atoms with Gasteiger partial charge in [-0.2, -0.15) is 0 Å². The van der Waals surface area contributed by atoms with Crippen molar-refractivity contribution in [1.82, 2.24) is 9.88 Å². The summed E-state index contributed by atoms with van der Waals surface area (Å²) in [5, 5.41) is 16.5. The number of anilines is 1. The zero-order chi connectivity index (χ0) is 21.0. The highest BCUT2D eigenvalue weighted by Crippen LogP contribution is 2.44. The Morgan fingerprint density at radius 1 is 1.20 bits per heavy atom. The molecule has 2 aliphatic heterocycles. The van der Waals surface area contributed by atoms with E-state index in [9.17, 15) is 9.90 Å². The first-order valence-corrected chi connectivity index (χ1v) is 11.7. The number of aliphatic hydroxyl groups is 1. The minimum Gasteiger partial charge on any atom is -0.395 e. The van der Waals surface area contributed by atoms with E-state index in [4.69, 9.17) is 9.72 Å². The third-order valence-electron chi connectivity index (χ3n) is 6.76. The van der Waals surface area contributed by atoms with Crippen molar-refractivity contribution in [2.24, 2.45) is 5.41 Å². The van der Waals surface area contributed by atoms with Gasteiger partial charge in [-0.15, -0.1) is 11.3 Å². The molecule has 0 saturated carbocycles. The van der Waals surface area contributed by atoms with Crippen LogP contribution in [0.2, 0.25) is 0 Å². The highest BCUT2D eigenvalue weighted by Gasteiger charge is 2.46. The fourth-order valence-electron chi connectivity index (χ4n) is 4.80. The number of hydrogen-bond acceptors (Lipinski definition) is 6. The predicted molar refractivity (Wildman–Crippen MR) is 119 cm³/mol. The van der Waals surface area contributed by atoms with Crippen LogP contribution < -0.4 is 5.32 Å². The second kappa shape index (κ2) is 9.04. The Morgan fingerprint density at radius 2 is 1.90 bits per heavy atom. The fraction of sp³-hybridized carbons (Fsp3) is 0.565. The van der Waals surface area contributed by atoms with Gasteiger partial charge in [0.25, 0.3) is 0 Å². The SMILES string of the molecule is CCNc1nc(C2(c3ccccc3)CCN(C(=O)C3(CO)CCOCC3)CC2)cs1. The minimum absolute atomic E-state index is 0.0848. The Kier molecular flexibility index (Phi) is 6.41. The van der Waals surface area contributed by atoms with Gasteiger partial charge in [-0.1, -0.05) is 30.3 Å². The number of thiazole rings is 1. The van der Waals surface area contributed by atoms with Gasteiger partial charge in [0.2, 0.25) is 5.91 Å². The normalized spacial score (nSPS) is 20.7. The second-order valence-corrected chi connectivity index (χ2v) is 9.22. The van der Waals surface area contributed by atoms with Gasteiger partial charge in [-0.3, -0.25) is 4.79 Å². The number of hydrogen-bond donors (Lipinski definition) is 2. The topological polar surface area (TPSA) is 74.7 Å². The van der Waals surface area contributed by atoms with Crippen molar-refractivity contribution < 1.29 is 14.6 Å². The zero-order valence-electron chi connectivity index (χ0n) is 17.6. The third-order valence-corrected chi connectivity index (χ3v) is 7.56. The van der Waals surface area contributed by atoms with E-state index in [-0.39, 0.29) is 17.9 Å². The Morgan fingerprint density at radius 3 is 2.53 bits per heavy atom. The number of likely N-dealkylation sites (tertiary alicyclic amines) is 1. The summed E-state index contributed by atoms with van der Waals surface area (Å²) in [4.78, 5) is 20.2. The van der Waals surface area contributed by atoms with Crippen molar-refractivity contribution in [2.45, 2.75) is 38.0 Å². The maximum absolute atomic E-state index is 13.4. The lowest BCUT2D eigenvalue weighted by Gasteiger charge is -2.45. The number of ether oxygens (including phenoxy) is 1. The van der Waals surface area contributed by atoms with Gasteiger partial charge in [0.1, 0.15) is 0 Å². The number of piperidine rings is 1. The van der Waals surface area contributed by atoms with E-state index < -0.39 is 5.41 Å². The van der Waals surface area contributed by atoms with E-state index in [0.717, 1.165) is 30.2 Å². The standard InChI is InChI=1S/C23H31N3O3S/c1-2-24-21-25-19(16-30-21)23(18-6-4-3-5-7-18)8-12-26(13-9-23)20(28)22(17-27)10-14-29-15-11-22/h3-7,16,27H,2,8-15,17H2,1H3,(H,24,25). The molecule has 6 nitrogen and oxygen atoms in total. The van der Waals surface area contributed by atoms with E-state index in [1.165, 1.54) is 5.56 Å². The van der Waals surface area contributed by atoms with Gasteiger partial charge in [0.05, 0.1) is 17.7 Å². The summed E-state index contributed by atoms with van der Waals surface area (Å²) in [6, 6.07) is 10.6. The summed E-state index contributed by atoms with van der Waals surface area (Å²) in [5.74, 6) is 0.0848. The molecule has 2 aromatic rings. The van der Waals surface area contributed by atoms with Crippen LogP contribution in [0.25, 0.3) is 0 Å². The molecule has 1 aromatic carbocycles. The van der Waals surface area contributed by atoms with E-state index in [0.29, 0.717) is 39.1 Å². The molecule has 0 unspecified atom stereocenters. The average molecular weight is 430 g/mol.